The van der Waals surface area contributed by atoms with E-state index in [0.29, 0.717) is 17.0 Å². The molecular weight excluding hydrogens is 359 g/mol. The maximum atomic E-state index is 13.1. The van der Waals surface area contributed by atoms with Crippen LogP contribution in [0.2, 0.25) is 0 Å². The van der Waals surface area contributed by atoms with Crippen molar-refractivity contribution in [1.29, 1.82) is 10.5 Å². The topological polar surface area (TPSA) is 87.5 Å². The van der Waals surface area contributed by atoms with E-state index in [2.05, 4.69) is 10.3 Å². The highest BCUT2D eigenvalue weighted by Gasteiger charge is 2.34. The van der Waals surface area contributed by atoms with Crippen LogP contribution in [0.3, 0.4) is 0 Å². The summed E-state index contributed by atoms with van der Waals surface area (Å²) in [6.45, 7) is -0.0128. The van der Waals surface area contributed by atoms with Crippen molar-refractivity contribution in [2.24, 2.45) is 0 Å². The summed E-state index contributed by atoms with van der Waals surface area (Å²) in [6, 6.07) is 13.4. The molecule has 0 aliphatic carbocycles. The molecule has 0 saturated carbocycles. The molecule has 2 aromatic carbocycles. The maximum absolute atomic E-state index is 13.1. The van der Waals surface area contributed by atoms with Crippen molar-refractivity contribution in [2.75, 3.05) is 0 Å². The minimum atomic E-state index is -4.66. The van der Waals surface area contributed by atoms with Crippen LogP contribution in [0.1, 0.15) is 22.4 Å². The van der Waals surface area contributed by atoms with Crippen molar-refractivity contribution < 1.29 is 17.9 Å². The fourth-order valence-electron chi connectivity index (χ4n) is 2.33. The number of rotatable bonds is 4. The summed E-state index contributed by atoms with van der Waals surface area (Å²) in [7, 11) is 0. The fourth-order valence-corrected chi connectivity index (χ4v) is 2.33. The first-order valence-electron chi connectivity index (χ1n) is 7.57. The Labute approximate surface area is 151 Å². The van der Waals surface area contributed by atoms with E-state index in [-0.39, 0.29) is 12.3 Å². The van der Waals surface area contributed by atoms with Gasteiger partial charge in [0.2, 0.25) is 0 Å². The molecular formula is C18H10F3N5O. The standard InChI is InChI=1S/C18H10F3N5O/c19-18(20,21)16-7-15(6-5-12(16)8-22)26-10-14(24-25-26)11-27-17-4-2-1-3-13(17)9-23/h1-7,10H,11H2. The van der Waals surface area contributed by atoms with Gasteiger partial charge in [0.1, 0.15) is 24.1 Å². The molecule has 3 aromatic rings. The number of benzene rings is 2. The van der Waals surface area contributed by atoms with E-state index in [4.69, 9.17) is 15.3 Å². The summed E-state index contributed by atoms with van der Waals surface area (Å²) >= 11 is 0. The summed E-state index contributed by atoms with van der Waals surface area (Å²) in [5.41, 5.74) is -0.688. The average molecular weight is 369 g/mol. The van der Waals surface area contributed by atoms with Gasteiger partial charge >= 0.3 is 6.18 Å². The van der Waals surface area contributed by atoms with Crippen molar-refractivity contribution >= 4 is 0 Å². The zero-order chi connectivity index (χ0) is 19.4. The summed E-state index contributed by atoms with van der Waals surface area (Å²) in [6.07, 6.45) is -3.24. The van der Waals surface area contributed by atoms with Gasteiger partial charge in [-0.2, -0.15) is 23.7 Å². The highest BCUT2D eigenvalue weighted by Crippen LogP contribution is 2.33. The number of aromatic nitrogens is 3. The Kier molecular flexibility index (Phi) is 4.77. The molecule has 0 spiro atoms. The molecule has 0 radical (unpaired) electrons. The van der Waals surface area contributed by atoms with Crippen LogP contribution in [-0.2, 0) is 12.8 Å². The Morgan fingerprint density at radius 2 is 1.78 bits per heavy atom. The van der Waals surface area contributed by atoms with E-state index in [1.54, 1.807) is 24.3 Å². The van der Waals surface area contributed by atoms with E-state index in [1.165, 1.54) is 18.3 Å². The molecule has 134 valence electrons. The number of nitriles is 2. The van der Waals surface area contributed by atoms with Gasteiger partial charge in [-0.25, -0.2) is 4.68 Å². The average Bonchev–Trinajstić information content (AvgIpc) is 3.14. The largest absolute Gasteiger partial charge is 0.486 e. The SMILES string of the molecule is N#Cc1ccccc1OCc1cn(-c2ccc(C#N)c(C(F)(F)F)c2)nn1. The first-order valence-corrected chi connectivity index (χ1v) is 7.57. The van der Waals surface area contributed by atoms with Crippen LogP contribution in [0, 0.1) is 22.7 Å². The number of alkyl halides is 3. The number of hydrogen-bond acceptors (Lipinski definition) is 5. The normalized spacial score (nSPS) is 10.9. The molecule has 0 unspecified atom stereocenters. The van der Waals surface area contributed by atoms with Crippen LogP contribution < -0.4 is 4.74 Å². The number of para-hydroxylation sites is 1. The predicted octanol–water partition coefficient (Wildman–Crippen LogP) is 3.61. The number of halogens is 3. The molecule has 0 amide bonds. The zero-order valence-corrected chi connectivity index (χ0v) is 13.6. The zero-order valence-electron chi connectivity index (χ0n) is 13.6. The van der Waals surface area contributed by atoms with Gasteiger partial charge in [-0.05, 0) is 30.3 Å². The Bertz CT molecular complexity index is 1060. The number of nitrogens with zero attached hydrogens (tertiary/aromatic N) is 5. The molecule has 1 aromatic heterocycles. The minimum absolute atomic E-state index is 0.0128. The van der Waals surface area contributed by atoms with Crippen LogP contribution in [0.25, 0.3) is 5.69 Å². The Balaban J connectivity index is 1.82. The summed E-state index contributed by atoms with van der Waals surface area (Å²) < 4.78 is 45.9. The van der Waals surface area contributed by atoms with E-state index in [9.17, 15) is 13.2 Å². The maximum Gasteiger partial charge on any atom is 0.417 e. The van der Waals surface area contributed by atoms with E-state index in [1.807, 2.05) is 6.07 Å². The van der Waals surface area contributed by atoms with E-state index in [0.717, 1.165) is 16.8 Å². The molecule has 0 aliphatic heterocycles. The van der Waals surface area contributed by atoms with Crippen molar-refractivity contribution in [2.45, 2.75) is 12.8 Å². The van der Waals surface area contributed by atoms with Crippen LogP contribution in [-0.4, -0.2) is 15.0 Å². The summed E-state index contributed by atoms with van der Waals surface area (Å²) in [5.74, 6) is 0.368. The van der Waals surface area contributed by atoms with Crippen LogP contribution in [0.4, 0.5) is 13.2 Å². The molecule has 0 atom stereocenters. The Morgan fingerprint density at radius 3 is 2.48 bits per heavy atom. The lowest BCUT2D eigenvalue weighted by atomic mass is 10.1. The van der Waals surface area contributed by atoms with Gasteiger partial charge in [-0.1, -0.05) is 17.3 Å². The fraction of sp³-hybridized carbons (Fsp3) is 0.111. The number of hydrogen-bond donors (Lipinski definition) is 0. The van der Waals surface area contributed by atoms with Crippen LogP contribution in [0.5, 0.6) is 5.75 Å². The van der Waals surface area contributed by atoms with E-state index >= 15 is 0 Å². The summed E-state index contributed by atoms with van der Waals surface area (Å²) in [4.78, 5) is 0. The molecule has 6 nitrogen and oxygen atoms in total. The highest BCUT2D eigenvalue weighted by molar-refractivity contribution is 5.47. The first kappa shape index (κ1) is 18.0. The Morgan fingerprint density at radius 1 is 1.04 bits per heavy atom. The van der Waals surface area contributed by atoms with Crippen molar-refractivity contribution in [3.8, 4) is 23.6 Å². The molecule has 0 bridgehead atoms. The van der Waals surface area contributed by atoms with Gasteiger partial charge in [0.05, 0.1) is 34.6 Å². The molecule has 0 saturated heterocycles. The van der Waals surface area contributed by atoms with Crippen molar-refractivity contribution in [3.63, 3.8) is 0 Å². The second-order valence-corrected chi connectivity index (χ2v) is 5.39. The quantitative estimate of drug-likeness (QED) is 0.701. The summed E-state index contributed by atoms with van der Waals surface area (Å²) in [5, 5.41) is 25.5. The van der Waals surface area contributed by atoms with Gasteiger partial charge in [-0.15, -0.1) is 5.10 Å². The third-order valence-corrected chi connectivity index (χ3v) is 3.62. The van der Waals surface area contributed by atoms with Gasteiger partial charge < -0.3 is 4.74 Å². The monoisotopic (exact) mass is 369 g/mol. The molecule has 27 heavy (non-hydrogen) atoms. The van der Waals surface area contributed by atoms with Gasteiger partial charge in [-0.3, -0.25) is 0 Å². The Hall–Kier alpha value is -3.85. The van der Waals surface area contributed by atoms with Gasteiger partial charge in [0.25, 0.3) is 0 Å². The van der Waals surface area contributed by atoms with Crippen LogP contribution in [0.15, 0.2) is 48.7 Å². The molecule has 0 fully saturated rings. The smallest absolute Gasteiger partial charge is 0.417 e. The predicted molar refractivity (Wildman–Crippen MR) is 86.6 cm³/mol. The number of ether oxygens (including phenoxy) is 1. The second-order valence-electron chi connectivity index (χ2n) is 5.39. The molecule has 3 rings (SSSR count). The highest BCUT2D eigenvalue weighted by atomic mass is 19.4. The lowest BCUT2D eigenvalue weighted by molar-refractivity contribution is -0.137. The second kappa shape index (κ2) is 7.18. The molecule has 0 N–H and O–H groups in total. The van der Waals surface area contributed by atoms with Crippen molar-refractivity contribution in [1.82, 2.24) is 15.0 Å². The van der Waals surface area contributed by atoms with Crippen molar-refractivity contribution in [3.05, 3.63) is 71.0 Å². The molecule has 0 aliphatic rings. The molecule has 9 heteroatoms. The molecule has 1 heterocycles. The third-order valence-electron chi connectivity index (χ3n) is 3.62. The minimum Gasteiger partial charge on any atom is -0.486 e. The van der Waals surface area contributed by atoms with Gasteiger partial charge in [0.15, 0.2) is 0 Å². The first-order chi connectivity index (χ1) is 12.9. The van der Waals surface area contributed by atoms with Gasteiger partial charge in [0, 0.05) is 0 Å². The lowest BCUT2D eigenvalue weighted by Crippen LogP contribution is -2.09. The van der Waals surface area contributed by atoms with E-state index < -0.39 is 17.3 Å². The van der Waals surface area contributed by atoms with Crippen LogP contribution >= 0.6 is 0 Å². The third kappa shape index (κ3) is 3.88. The lowest BCUT2D eigenvalue weighted by Gasteiger charge is -2.10.